The number of carbonyl (C=O) groups is 1. The third-order valence-corrected chi connectivity index (χ3v) is 4.22. The fraction of sp³-hybridized carbons (Fsp3) is 0.591. The highest BCUT2D eigenvalue weighted by atomic mass is 16.5. The average Bonchev–Trinajstić information content (AvgIpc) is 2.64. The largest absolute Gasteiger partial charge is 0.493 e. The minimum Gasteiger partial charge on any atom is -0.493 e. The number of hydrogen-bond acceptors (Lipinski definition) is 3. The van der Waals surface area contributed by atoms with Crippen LogP contribution in [0.25, 0.3) is 6.08 Å². The normalized spacial score (nSPS) is 11.0. The molecule has 0 saturated heterocycles. The van der Waals surface area contributed by atoms with Gasteiger partial charge in [-0.25, -0.2) is 0 Å². The van der Waals surface area contributed by atoms with Crippen LogP contribution in [-0.2, 0) is 9.53 Å². The molecular formula is C22H34O3. The smallest absolute Gasteiger partial charge is 0.308 e. The first-order valence-corrected chi connectivity index (χ1v) is 9.72. The summed E-state index contributed by atoms with van der Waals surface area (Å²) in [6.45, 7) is 2.61. The summed E-state index contributed by atoms with van der Waals surface area (Å²) in [5, 5.41) is 0. The van der Waals surface area contributed by atoms with Gasteiger partial charge in [0.25, 0.3) is 0 Å². The summed E-state index contributed by atoms with van der Waals surface area (Å²) in [7, 11) is 1.39. The van der Waals surface area contributed by atoms with Crippen LogP contribution in [0.1, 0.15) is 76.7 Å². The topological polar surface area (TPSA) is 35.5 Å². The van der Waals surface area contributed by atoms with Gasteiger partial charge in [-0.15, -0.1) is 0 Å². The van der Waals surface area contributed by atoms with E-state index < -0.39 is 0 Å². The molecule has 0 fully saturated rings. The van der Waals surface area contributed by atoms with Gasteiger partial charge in [-0.2, -0.15) is 0 Å². The molecule has 0 bridgehead atoms. The van der Waals surface area contributed by atoms with Gasteiger partial charge in [-0.05, 0) is 30.5 Å². The average molecular weight is 347 g/mol. The summed E-state index contributed by atoms with van der Waals surface area (Å²) in [6, 6.07) is 7.95. The molecule has 0 aliphatic rings. The molecule has 140 valence electrons. The van der Waals surface area contributed by atoms with E-state index in [4.69, 9.17) is 4.74 Å². The number of unbranched alkanes of at least 4 members (excludes halogenated alkanes) is 8. The van der Waals surface area contributed by atoms with E-state index in [1.165, 1.54) is 64.0 Å². The standard InChI is InChI=1S/C22H34O3/c1-3-4-5-6-7-8-9-10-11-12-13-20-14-16-21(17-15-20)25-19-18-22(23)24-2/h12-17H,3-11,18-19H2,1-2H3. The number of carbonyl (C=O) groups excluding carboxylic acids is 1. The van der Waals surface area contributed by atoms with Crippen molar-refractivity contribution in [1.82, 2.24) is 0 Å². The first-order chi connectivity index (χ1) is 12.3. The van der Waals surface area contributed by atoms with Crippen LogP contribution in [0, 0.1) is 0 Å². The summed E-state index contributed by atoms with van der Waals surface area (Å²) in [6.07, 6.45) is 16.7. The van der Waals surface area contributed by atoms with Gasteiger partial charge < -0.3 is 9.47 Å². The zero-order valence-corrected chi connectivity index (χ0v) is 16.0. The first-order valence-electron chi connectivity index (χ1n) is 9.72. The summed E-state index contributed by atoms with van der Waals surface area (Å²) < 4.78 is 10.1. The van der Waals surface area contributed by atoms with Crippen molar-refractivity contribution in [3.8, 4) is 5.75 Å². The molecule has 3 heteroatoms. The van der Waals surface area contributed by atoms with Gasteiger partial charge in [0.1, 0.15) is 5.75 Å². The Labute approximate surface area is 153 Å². The van der Waals surface area contributed by atoms with Crippen molar-refractivity contribution >= 4 is 12.0 Å². The molecule has 1 aromatic rings. The Hall–Kier alpha value is -1.77. The van der Waals surface area contributed by atoms with Crippen molar-refractivity contribution < 1.29 is 14.3 Å². The summed E-state index contributed by atoms with van der Waals surface area (Å²) in [4.78, 5) is 11.0. The molecule has 0 N–H and O–H groups in total. The quantitative estimate of drug-likeness (QED) is 0.298. The Balaban J connectivity index is 2.10. The Kier molecular flexibility index (Phi) is 12.4. The molecular weight excluding hydrogens is 312 g/mol. The number of esters is 1. The van der Waals surface area contributed by atoms with Gasteiger partial charge in [-0.3, -0.25) is 4.79 Å². The Morgan fingerprint density at radius 3 is 2.24 bits per heavy atom. The van der Waals surface area contributed by atoms with Gasteiger partial charge in [0.15, 0.2) is 0 Å². The van der Waals surface area contributed by atoms with Crippen LogP contribution >= 0.6 is 0 Å². The predicted molar refractivity (Wildman–Crippen MR) is 105 cm³/mol. The molecule has 0 atom stereocenters. The van der Waals surface area contributed by atoms with Crippen molar-refractivity contribution in [3.63, 3.8) is 0 Å². The molecule has 25 heavy (non-hydrogen) atoms. The van der Waals surface area contributed by atoms with Crippen LogP contribution in [0.3, 0.4) is 0 Å². The maximum absolute atomic E-state index is 11.0. The second kappa shape index (κ2) is 14.6. The number of rotatable bonds is 14. The number of hydrogen-bond donors (Lipinski definition) is 0. The van der Waals surface area contributed by atoms with Crippen molar-refractivity contribution in [3.05, 3.63) is 35.9 Å². The van der Waals surface area contributed by atoms with Crippen LogP contribution in [0.15, 0.2) is 30.3 Å². The lowest BCUT2D eigenvalue weighted by Gasteiger charge is -2.05. The molecule has 0 heterocycles. The Morgan fingerprint density at radius 1 is 0.960 bits per heavy atom. The maximum atomic E-state index is 11.0. The highest BCUT2D eigenvalue weighted by molar-refractivity contribution is 5.69. The van der Waals surface area contributed by atoms with E-state index in [-0.39, 0.29) is 12.4 Å². The fourth-order valence-corrected chi connectivity index (χ4v) is 2.64. The third kappa shape index (κ3) is 11.4. The Bertz CT molecular complexity index is 477. The molecule has 0 spiro atoms. The molecule has 0 unspecified atom stereocenters. The summed E-state index contributed by atoms with van der Waals surface area (Å²) in [5.41, 5.74) is 1.18. The van der Waals surface area contributed by atoms with E-state index in [1.807, 2.05) is 24.3 Å². The molecule has 0 aliphatic carbocycles. The fourth-order valence-electron chi connectivity index (χ4n) is 2.64. The molecule has 0 aliphatic heterocycles. The van der Waals surface area contributed by atoms with Crippen molar-refractivity contribution in [1.29, 1.82) is 0 Å². The number of benzene rings is 1. The van der Waals surface area contributed by atoms with Crippen molar-refractivity contribution in [2.45, 2.75) is 71.1 Å². The van der Waals surface area contributed by atoms with Gasteiger partial charge in [0.05, 0.1) is 20.1 Å². The summed E-state index contributed by atoms with van der Waals surface area (Å²) >= 11 is 0. The van der Waals surface area contributed by atoms with E-state index >= 15 is 0 Å². The maximum Gasteiger partial charge on any atom is 0.308 e. The van der Waals surface area contributed by atoms with E-state index in [9.17, 15) is 4.79 Å². The van der Waals surface area contributed by atoms with Crippen molar-refractivity contribution in [2.75, 3.05) is 13.7 Å². The van der Waals surface area contributed by atoms with Crippen LogP contribution in [-0.4, -0.2) is 19.7 Å². The molecule has 1 rings (SSSR count). The lowest BCUT2D eigenvalue weighted by atomic mass is 10.1. The van der Waals surface area contributed by atoms with Gasteiger partial charge in [-0.1, -0.05) is 76.2 Å². The van der Waals surface area contributed by atoms with E-state index in [1.54, 1.807) is 0 Å². The summed E-state index contributed by atoms with van der Waals surface area (Å²) in [5.74, 6) is 0.532. The number of methoxy groups -OCH3 is 1. The molecule has 0 amide bonds. The van der Waals surface area contributed by atoms with Crippen LogP contribution in [0.5, 0.6) is 5.75 Å². The zero-order chi connectivity index (χ0) is 18.2. The highest BCUT2D eigenvalue weighted by Gasteiger charge is 2.00. The minimum atomic E-state index is -0.250. The second-order valence-electron chi connectivity index (χ2n) is 6.41. The first kappa shape index (κ1) is 21.3. The highest BCUT2D eigenvalue weighted by Crippen LogP contribution is 2.15. The van der Waals surface area contributed by atoms with E-state index in [0.29, 0.717) is 6.61 Å². The monoisotopic (exact) mass is 346 g/mol. The Morgan fingerprint density at radius 2 is 1.60 bits per heavy atom. The lowest BCUT2D eigenvalue weighted by Crippen LogP contribution is -2.07. The SMILES string of the molecule is CCCCCCCCCCC=Cc1ccc(OCCC(=O)OC)cc1. The molecule has 0 saturated carbocycles. The predicted octanol–water partition coefficient (Wildman–Crippen LogP) is 6.17. The number of ether oxygens (including phenoxy) is 2. The van der Waals surface area contributed by atoms with Gasteiger partial charge in [0, 0.05) is 0 Å². The lowest BCUT2D eigenvalue weighted by molar-refractivity contribution is -0.141. The van der Waals surface area contributed by atoms with Crippen LogP contribution in [0.4, 0.5) is 0 Å². The van der Waals surface area contributed by atoms with Gasteiger partial charge in [0.2, 0.25) is 0 Å². The van der Waals surface area contributed by atoms with E-state index in [2.05, 4.69) is 23.8 Å². The number of allylic oxidation sites excluding steroid dienone is 1. The van der Waals surface area contributed by atoms with Crippen LogP contribution < -0.4 is 4.74 Å². The molecule has 1 aromatic carbocycles. The third-order valence-electron chi connectivity index (χ3n) is 4.22. The second-order valence-corrected chi connectivity index (χ2v) is 6.41. The molecule has 0 radical (unpaired) electrons. The molecule has 0 aromatic heterocycles. The van der Waals surface area contributed by atoms with Gasteiger partial charge >= 0.3 is 5.97 Å². The zero-order valence-electron chi connectivity index (χ0n) is 16.0. The molecule has 3 nitrogen and oxygen atoms in total. The van der Waals surface area contributed by atoms with Crippen molar-refractivity contribution in [2.24, 2.45) is 0 Å². The van der Waals surface area contributed by atoms with E-state index in [0.717, 1.165) is 12.2 Å². The van der Waals surface area contributed by atoms with Crippen LogP contribution in [0.2, 0.25) is 0 Å². The minimum absolute atomic E-state index is 0.250.